The average molecular weight is 312 g/mol. The quantitative estimate of drug-likeness (QED) is 0.712. The van der Waals surface area contributed by atoms with E-state index >= 15 is 0 Å². The van der Waals surface area contributed by atoms with E-state index in [-0.39, 0.29) is 17.9 Å². The van der Waals surface area contributed by atoms with Crippen molar-refractivity contribution in [1.82, 2.24) is 20.3 Å². The second-order valence-electron chi connectivity index (χ2n) is 5.11. The van der Waals surface area contributed by atoms with Crippen LogP contribution < -0.4 is 10.9 Å². The van der Waals surface area contributed by atoms with Crippen molar-refractivity contribution in [3.8, 4) is 0 Å². The minimum absolute atomic E-state index is 0.122. The van der Waals surface area contributed by atoms with E-state index in [1.165, 1.54) is 6.39 Å². The summed E-state index contributed by atoms with van der Waals surface area (Å²) in [6, 6.07) is 7.31. The van der Waals surface area contributed by atoms with Crippen LogP contribution in [-0.4, -0.2) is 27.4 Å². The smallest absolute Gasteiger partial charge is 0.270 e. The third-order valence-electron chi connectivity index (χ3n) is 3.45. The van der Waals surface area contributed by atoms with Gasteiger partial charge in [-0.05, 0) is 12.1 Å². The first-order chi connectivity index (χ1) is 11.2. The van der Waals surface area contributed by atoms with E-state index in [2.05, 4.69) is 20.3 Å². The highest BCUT2D eigenvalue weighted by Crippen LogP contribution is 2.06. The number of rotatable bonds is 6. The number of carbonyl (C=O) groups is 1. The fraction of sp³-hybridized carbons (Fsp3) is 0.250. The Hall–Kier alpha value is -2.96. The van der Waals surface area contributed by atoms with E-state index in [1.54, 1.807) is 12.3 Å². The maximum absolute atomic E-state index is 11.9. The minimum atomic E-state index is -0.251. The maximum atomic E-state index is 11.9. The SMILES string of the molecule is O=C(CCc1nc2ccccc2[nH]c1=O)NCCc1cocn1. The van der Waals surface area contributed by atoms with Gasteiger partial charge in [-0.25, -0.2) is 9.97 Å². The first-order valence-corrected chi connectivity index (χ1v) is 7.34. The molecule has 0 bridgehead atoms. The fourth-order valence-corrected chi connectivity index (χ4v) is 2.25. The Bertz CT molecular complexity index is 855. The molecular weight excluding hydrogens is 296 g/mol. The zero-order valence-electron chi connectivity index (χ0n) is 12.4. The van der Waals surface area contributed by atoms with Crippen molar-refractivity contribution >= 4 is 16.9 Å². The minimum Gasteiger partial charge on any atom is -0.451 e. The van der Waals surface area contributed by atoms with Gasteiger partial charge in [0.15, 0.2) is 6.39 Å². The number of H-pyrrole nitrogens is 1. The number of aromatic nitrogens is 3. The molecule has 0 aliphatic heterocycles. The predicted molar refractivity (Wildman–Crippen MR) is 83.9 cm³/mol. The molecule has 0 spiro atoms. The van der Waals surface area contributed by atoms with Crippen LogP contribution in [0.25, 0.3) is 11.0 Å². The van der Waals surface area contributed by atoms with Gasteiger partial charge in [-0.3, -0.25) is 9.59 Å². The largest absolute Gasteiger partial charge is 0.451 e. The van der Waals surface area contributed by atoms with Crippen LogP contribution in [0.15, 0.2) is 46.1 Å². The molecule has 0 aliphatic carbocycles. The number of aromatic amines is 1. The molecule has 3 aromatic rings. The Morgan fingerprint density at radius 3 is 2.96 bits per heavy atom. The van der Waals surface area contributed by atoms with Crippen LogP contribution in [0.5, 0.6) is 0 Å². The lowest BCUT2D eigenvalue weighted by Gasteiger charge is -2.04. The van der Waals surface area contributed by atoms with Gasteiger partial charge in [-0.2, -0.15) is 0 Å². The lowest BCUT2D eigenvalue weighted by molar-refractivity contribution is -0.121. The molecule has 118 valence electrons. The lowest BCUT2D eigenvalue weighted by atomic mass is 10.2. The molecule has 7 heteroatoms. The second-order valence-corrected chi connectivity index (χ2v) is 5.11. The second kappa shape index (κ2) is 6.87. The topological polar surface area (TPSA) is 101 Å². The van der Waals surface area contributed by atoms with Crippen molar-refractivity contribution in [2.45, 2.75) is 19.3 Å². The average Bonchev–Trinajstić information content (AvgIpc) is 3.06. The Kier molecular flexibility index (Phi) is 4.46. The number of para-hydroxylation sites is 2. The van der Waals surface area contributed by atoms with Crippen molar-refractivity contribution in [2.75, 3.05) is 6.54 Å². The molecule has 2 N–H and O–H groups in total. The summed E-state index contributed by atoms with van der Waals surface area (Å²) < 4.78 is 4.86. The monoisotopic (exact) mass is 312 g/mol. The zero-order chi connectivity index (χ0) is 16.1. The summed E-state index contributed by atoms with van der Waals surface area (Å²) in [4.78, 5) is 34.8. The molecule has 0 saturated heterocycles. The number of nitrogens with one attached hydrogen (secondary N) is 2. The number of nitrogens with zero attached hydrogens (tertiary/aromatic N) is 2. The molecule has 7 nitrogen and oxygen atoms in total. The number of hydrogen-bond acceptors (Lipinski definition) is 5. The van der Waals surface area contributed by atoms with E-state index in [4.69, 9.17) is 4.42 Å². The van der Waals surface area contributed by atoms with Crippen molar-refractivity contribution in [3.63, 3.8) is 0 Å². The molecule has 2 heterocycles. The van der Waals surface area contributed by atoms with Crippen LogP contribution in [0.3, 0.4) is 0 Å². The lowest BCUT2D eigenvalue weighted by Crippen LogP contribution is -2.27. The van der Waals surface area contributed by atoms with Crippen molar-refractivity contribution < 1.29 is 9.21 Å². The molecule has 0 aliphatic rings. The van der Waals surface area contributed by atoms with E-state index in [0.29, 0.717) is 36.1 Å². The number of amides is 1. The number of fused-ring (bicyclic) bond motifs is 1. The maximum Gasteiger partial charge on any atom is 0.270 e. The number of oxazole rings is 1. The van der Waals surface area contributed by atoms with Gasteiger partial charge in [0.05, 0.1) is 16.7 Å². The third kappa shape index (κ3) is 3.82. The van der Waals surface area contributed by atoms with Crippen LogP contribution in [0, 0.1) is 0 Å². The first-order valence-electron chi connectivity index (χ1n) is 7.34. The standard InChI is InChI=1S/C16H16N4O3/c21-15(17-8-7-11-9-23-10-18-11)6-5-14-16(22)20-13-4-2-1-3-12(13)19-14/h1-4,9-10H,5-8H2,(H,17,21)(H,20,22). The summed E-state index contributed by atoms with van der Waals surface area (Å²) in [5, 5.41) is 2.79. The fourth-order valence-electron chi connectivity index (χ4n) is 2.25. The van der Waals surface area contributed by atoms with Gasteiger partial charge in [-0.1, -0.05) is 12.1 Å². The van der Waals surface area contributed by atoms with E-state index in [1.807, 2.05) is 18.2 Å². The van der Waals surface area contributed by atoms with Crippen LogP contribution in [-0.2, 0) is 17.6 Å². The summed E-state index contributed by atoms with van der Waals surface area (Å²) in [5.41, 5.74) is 2.32. The van der Waals surface area contributed by atoms with Crippen molar-refractivity contribution in [2.24, 2.45) is 0 Å². The molecule has 0 atom stereocenters. The Labute approximate surface area is 131 Å². The summed E-state index contributed by atoms with van der Waals surface area (Å²) in [7, 11) is 0. The van der Waals surface area contributed by atoms with Gasteiger partial charge in [0.2, 0.25) is 5.91 Å². The molecule has 0 unspecified atom stereocenters. The number of aryl methyl sites for hydroxylation is 1. The van der Waals surface area contributed by atoms with E-state index < -0.39 is 0 Å². The Morgan fingerprint density at radius 2 is 2.13 bits per heavy atom. The summed E-state index contributed by atoms with van der Waals surface area (Å²) in [5.74, 6) is -0.122. The van der Waals surface area contributed by atoms with Gasteiger partial charge in [0, 0.05) is 25.8 Å². The molecule has 1 aromatic carbocycles. The van der Waals surface area contributed by atoms with Gasteiger partial charge in [-0.15, -0.1) is 0 Å². The normalized spacial score (nSPS) is 10.8. The number of benzene rings is 1. The van der Waals surface area contributed by atoms with Crippen LogP contribution >= 0.6 is 0 Å². The van der Waals surface area contributed by atoms with Crippen LogP contribution in [0.1, 0.15) is 17.8 Å². The molecule has 23 heavy (non-hydrogen) atoms. The molecule has 0 saturated carbocycles. The molecule has 1 amide bonds. The van der Waals surface area contributed by atoms with Crippen molar-refractivity contribution in [1.29, 1.82) is 0 Å². The first kappa shape index (κ1) is 15.0. The van der Waals surface area contributed by atoms with Gasteiger partial charge >= 0.3 is 0 Å². The zero-order valence-corrected chi connectivity index (χ0v) is 12.4. The summed E-state index contributed by atoms with van der Waals surface area (Å²) in [6.07, 6.45) is 4.03. The molecular formula is C16H16N4O3. The van der Waals surface area contributed by atoms with E-state index in [0.717, 1.165) is 5.69 Å². The van der Waals surface area contributed by atoms with Gasteiger partial charge in [0.25, 0.3) is 5.56 Å². The highest BCUT2D eigenvalue weighted by atomic mass is 16.3. The van der Waals surface area contributed by atoms with Crippen LogP contribution in [0.2, 0.25) is 0 Å². The Balaban J connectivity index is 1.54. The number of hydrogen-bond donors (Lipinski definition) is 2. The summed E-state index contributed by atoms with van der Waals surface area (Å²) >= 11 is 0. The predicted octanol–water partition coefficient (Wildman–Crippen LogP) is 1.20. The highest BCUT2D eigenvalue weighted by molar-refractivity contribution is 5.76. The van der Waals surface area contributed by atoms with E-state index in [9.17, 15) is 9.59 Å². The molecule has 0 fully saturated rings. The molecule has 3 rings (SSSR count). The Morgan fingerprint density at radius 1 is 1.26 bits per heavy atom. The third-order valence-corrected chi connectivity index (χ3v) is 3.45. The van der Waals surface area contributed by atoms with Crippen molar-refractivity contribution in [3.05, 3.63) is 58.7 Å². The van der Waals surface area contributed by atoms with Gasteiger partial charge < -0.3 is 14.7 Å². The number of carbonyl (C=O) groups excluding carboxylic acids is 1. The van der Waals surface area contributed by atoms with Crippen LogP contribution in [0.4, 0.5) is 0 Å². The molecule has 2 aromatic heterocycles. The van der Waals surface area contributed by atoms with Gasteiger partial charge in [0.1, 0.15) is 12.0 Å². The molecule has 0 radical (unpaired) electrons. The highest BCUT2D eigenvalue weighted by Gasteiger charge is 2.08. The summed E-state index contributed by atoms with van der Waals surface area (Å²) in [6.45, 7) is 0.479.